The Labute approximate surface area is 226 Å². The standard InChI is InChI=1S/C26H23N5O7S/c1-3-29-23(34)18-9-4-5-10-20(18)30-21(32)11-12-26(29,30)24(35)38-15(2)22(33)28-25-27-19(14-39-25)16-7-6-8-17(13-16)31(36)37/h4-10,13-15H,3,11-12H2,1-2H3,(H,27,28,33). The molecule has 1 aromatic heterocycles. The van der Waals surface area contributed by atoms with E-state index in [4.69, 9.17) is 4.74 Å². The molecule has 2 atom stereocenters. The number of thiazole rings is 1. The SMILES string of the molecule is CCN1C(=O)c2ccccc2N2C(=O)CCC12C(=O)OC(C)C(=O)Nc1nc(-c2cccc([N+](=O)[O-])c2)cs1. The third-order valence-corrected chi connectivity index (χ3v) is 7.51. The predicted molar refractivity (Wildman–Crippen MR) is 141 cm³/mol. The zero-order valence-corrected chi connectivity index (χ0v) is 21.8. The number of nitro groups is 1. The number of fused-ring (bicyclic) bond motifs is 3. The summed E-state index contributed by atoms with van der Waals surface area (Å²) in [5, 5.41) is 15.5. The van der Waals surface area contributed by atoms with E-state index in [9.17, 15) is 29.3 Å². The number of rotatable bonds is 7. The van der Waals surface area contributed by atoms with E-state index < -0.39 is 34.5 Å². The molecule has 13 heteroatoms. The number of hydrogen-bond acceptors (Lipinski definition) is 9. The molecule has 0 spiro atoms. The van der Waals surface area contributed by atoms with Crippen LogP contribution < -0.4 is 10.2 Å². The average Bonchev–Trinajstić information content (AvgIpc) is 3.54. The van der Waals surface area contributed by atoms with Crippen molar-refractivity contribution in [2.75, 3.05) is 16.8 Å². The van der Waals surface area contributed by atoms with E-state index in [0.717, 1.165) is 11.3 Å². The van der Waals surface area contributed by atoms with Crippen LogP contribution in [0.15, 0.2) is 53.9 Å². The molecule has 2 aliphatic rings. The lowest BCUT2D eigenvalue weighted by Crippen LogP contribution is -2.68. The van der Waals surface area contributed by atoms with Gasteiger partial charge in [0.2, 0.25) is 11.6 Å². The number of para-hydroxylation sites is 1. The molecule has 5 rings (SSSR count). The number of nitrogens with one attached hydrogen (secondary N) is 1. The van der Waals surface area contributed by atoms with Gasteiger partial charge in [0.15, 0.2) is 11.2 Å². The highest BCUT2D eigenvalue weighted by molar-refractivity contribution is 7.14. The molecule has 1 fully saturated rings. The Morgan fingerprint density at radius 1 is 1.23 bits per heavy atom. The Balaban J connectivity index is 1.34. The summed E-state index contributed by atoms with van der Waals surface area (Å²) in [6.07, 6.45) is -1.21. The first-order valence-electron chi connectivity index (χ1n) is 12.1. The van der Waals surface area contributed by atoms with Crippen LogP contribution in [-0.2, 0) is 19.1 Å². The molecule has 2 unspecified atom stereocenters. The normalized spacial score (nSPS) is 18.8. The summed E-state index contributed by atoms with van der Waals surface area (Å²) in [7, 11) is 0. The van der Waals surface area contributed by atoms with Gasteiger partial charge in [-0.1, -0.05) is 24.3 Å². The summed E-state index contributed by atoms with van der Waals surface area (Å²) in [4.78, 5) is 70.3. The van der Waals surface area contributed by atoms with Crippen molar-refractivity contribution in [2.24, 2.45) is 0 Å². The molecule has 2 aliphatic heterocycles. The summed E-state index contributed by atoms with van der Waals surface area (Å²) in [5.74, 6) is -2.26. The molecule has 3 heterocycles. The van der Waals surface area contributed by atoms with Gasteiger partial charge in [0, 0.05) is 42.5 Å². The Hall–Kier alpha value is -4.65. The topological polar surface area (TPSA) is 152 Å². The number of hydrogen-bond donors (Lipinski definition) is 1. The van der Waals surface area contributed by atoms with Crippen LogP contribution >= 0.6 is 11.3 Å². The van der Waals surface area contributed by atoms with Crippen molar-refractivity contribution in [3.05, 3.63) is 69.6 Å². The second-order valence-electron chi connectivity index (χ2n) is 8.99. The van der Waals surface area contributed by atoms with Crippen molar-refractivity contribution in [3.63, 3.8) is 0 Å². The summed E-state index contributed by atoms with van der Waals surface area (Å²) in [6.45, 7) is 3.24. The first-order chi connectivity index (χ1) is 18.7. The number of carbonyl (C=O) groups excluding carboxylic acids is 4. The van der Waals surface area contributed by atoms with Crippen LogP contribution in [0.1, 0.15) is 37.0 Å². The van der Waals surface area contributed by atoms with Gasteiger partial charge < -0.3 is 9.64 Å². The van der Waals surface area contributed by atoms with Gasteiger partial charge in [-0.15, -0.1) is 11.3 Å². The Morgan fingerprint density at radius 3 is 2.74 bits per heavy atom. The third kappa shape index (κ3) is 4.30. The maximum Gasteiger partial charge on any atom is 0.354 e. The summed E-state index contributed by atoms with van der Waals surface area (Å²) in [5.41, 5.74) is -0.196. The number of nitrogens with zero attached hydrogens (tertiary/aromatic N) is 4. The highest BCUT2D eigenvalue weighted by Crippen LogP contribution is 2.45. The molecular weight excluding hydrogens is 526 g/mol. The van der Waals surface area contributed by atoms with Crippen molar-refractivity contribution in [2.45, 2.75) is 38.5 Å². The number of carbonyl (C=O) groups is 4. The lowest BCUT2D eigenvalue weighted by molar-refractivity contribution is -0.384. The molecule has 1 saturated heterocycles. The number of anilines is 2. The van der Waals surface area contributed by atoms with E-state index in [0.29, 0.717) is 22.5 Å². The van der Waals surface area contributed by atoms with Gasteiger partial charge in [-0.3, -0.25) is 34.7 Å². The quantitative estimate of drug-likeness (QED) is 0.267. The van der Waals surface area contributed by atoms with Crippen LogP contribution in [0.4, 0.5) is 16.5 Å². The largest absolute Gasteiger partial charge is 0.449 e. The van der Waals surface area contributed by atoms with Crippen molar-refractivity contribution < 1.29 is 28.8 Å². The van der Waals surface area contributed by atoms with Crippen molar-refractivity contribution in [1.82, 2.24) is 9.88 Å². The number of benzene rings is 2. The number of esters is 1. The average molecular weight is 550 g/mol. The fourth-order valence-electron chi connectivity index (χ4n) is 4.93. The van der Waals surface area contributed by atoms with Gasteiger partial charge >= 0.3 is 5.97 Å². The van der Waals surface area contributed by atoms with E-state index in [1.807, 2.05) is 0 Å². The van der Waals surface area contributed by atoms with E-state index in [1.165, 1.54) is 34.9 Å². The molecule has 0 saturated carbocycles. The molecule has 2 aromatic carbocycles. The molecule has 12 nitrogen and oxygen atoms in total. The van der Waals surface area contributed by atoms with Gasteiger partial charge in [0.05, 0.1) is 21.9 Å². The van der Waals surface area contributed by atoms with Crippen LogP contribution in [0.5, 0.6) is 0 Å². The zero-order valence-electron chi connectivity index (χ0n) is 20.9. The fourth-order valence-corrected chi connectivity index (χ4v) is 5.65. The van der Waals surface area contributed by atoms with Crippen LogP contribution in [0, 0.1) is 10.1 Å². The Morgan fingerprint density at radius 2 is 2.00 bits per heavy atom. The minimum absolute atomic E-state index is 0.0337. The number of likely N-dealkylation sites (N-methyl/N-ethyl adjacent to an activating group) is 1. The molecule has 1 N–H and O–H groups in total. The van der Waals surface area contributed by atoms with E-state index in [-0.39, 0.29) is 36.1 Å². The minimum Gasteiger partial charge on any atom is -0.449 e. The maximum absolute atomic E-state index is 13.7. The minimum atomic E-state index is -1.69. The lowest BCUT2D eigenvalue weighted by atomic mass is 9.96. The van der Waals surface area contributed by atoms with Crippen molar-refractivity contribution in [1.29, 1.82) is 0 Å². The summed E-state index contributed by atoms with van der Waals surface area (Å²) >= 11 is 1.10. The Kier molecular flexibility index (Phi) is 6.60. The van der Waals surface area contributed by atoms with Crippen molar-refractivity contribution >= 4 is 51.5 Å². The highest BCUT2D eigenvalue weighted by Gasteiger charge is 2.61. The molecule has 3 amide bonds. The van der Waals surface area contributed by atoms with Crippen molar-refractivity contribution in [3.8, 4) is 11.3 Å². The molecule has 200 valence electrons. The smallest absolute Gasteiger partial charge is 0.354 e. The van der Waals surface area contributed by atoms with Crippen LogP contribution in [0.25, 0.3) is 11.3 Å². The van der Waals surface area contributed by atoms with E-state index in [2.05, 4.69) is 10.3 Å². The summed E-state index contributed by atoms with van der Waals surface area (Å²) < 4.78 is 5.57. The zero-order chi connectivity index (χ0) is 27.9. The van der Waals surface area contributed by atoms with Gasteiger partial charge in [-0.2, -0.15) is 0 Å². The fraction of sp³-hybridized carbons (Fsp3) is 0.269. The van der Waals surface area contributed by atoms with Gasteiger partial charge in [0.1, 0.15) is 0 Å². The number of amides is 3. The Bertz CT molecular complexity index is 1520. The third-order valence-electron chi connectivity index (χ3n) is 6.76. The van der Waals surface area contributed by atoms with Gasteiger partial charge in [-0.05, 0) is 26.0 Å². The molecule has 0 bridgehead atoms. The number of non-ortho nitro benzene ring substituents is 1. The molecule has 3 aromatic rings. The molecule has 39 heavy (non-hydrogen) atoms. The van der Waals surface area contributed by atoms with E-state index in [1.54, 1.807) is 42.6 Å². The first kappa shape index (κ1) is 26.0. The van der Waals surface area contributed by atoms with Crippen LogP contribution in [0.3, 0.4) is 0 Å². The predicted octanol–water partition coefficient (Wildman–Crippen LogP) is 3.59. The van der Waals surface area contributed by atoms with Crippen LogP contribution in [0.2, 0.25) is 0 Å². The number of aromatic nitrogens is 1. The number of nitro benzene ring substituents is 1. The molecule has 0 radical (unpaired) electrons. The number of ether oxygens (including phenoxy) is 1. The molecular formula is C26H23N5O7S. The second-order valence-corrected chi connectivity index (χ2v) is 9.85. The molecule has 0 aliphatic carbocycles. The van der Waals surface area contributed by atoms with Gasteiger partial charge in [-0.25, -0.2) is 9.78 Å². The second kappa shape index (κ2) is 9.91. The monoisotopic (exact) mass is 549 g/mol. The first-order valence-corrected chi connectivity index (χ1v) is 13.0. The van der Waals surface area contributed by atoms with E-state index >= 15 is 0 Å². The highest BCUT2D eigenvalue weighted by atomic mass is 32.1. The maximum atomic E-state index is 13.7. The lowest BCUT2D eigenvalue weighted by Gasteiger charge is -2.48. The summed E-state index contributed by atoms with van der Waals surface area (Å²) in [6, 6.07) is 12.5. The van der Waals surface area contributed by atoms with Crippen LogP contribution in [-0.4, -0.2) is 56.8 Å². The van der Waals surface area contributed by atoms with Gasteiger partial charge in [0.25, 0.3) is 17.5 Å².